The second-order valence-corrected chi connectivity index (χ2v) is 5.94. The van der Waals surface area contributed by atoms with Crippen LogP contribution in [0.1, 0.15) is 9.67 Å². The minimum absolute atomic E-state index is 0.346. The number of ether oxygens (including phenoxy) is 1. The summed E-state index contributed by atoms with van der Waals surface area (Å²) in [7, 11) is 0. The number of para-hydroxylation sites is 2. The van der Waals surface area contributed by atoms with Crippen molar-refractivity contribution >= 4 is 28.3 Å². The molecule has 0 bridgehead atoms. The highest BCUT2D eigenvalue weighted by Crippen LogP contribution is 2.25. The van der Waals surface area contributed by atoms with Crippen molar-refractivity contribution in [3.05, 3.63) is 70.9 Å². The third-order valence-corrected chi connectivity index (χ3v) is 4.28. The molecule has 0 amide bonds. The van der Waals surface area contributed by atoms with E-state index in [9.17, 15) is 4.79 Å². The summed E-state index contributed by atoms with van der Waals surface area (Å²) in [6, 6.07) is 18.8. The van der Waals surface area contributed by atoms with Crippen LogP contribution in [0.5, 0.6) is 5.75 Å². The van der Waals surface area contributed by atoms with Crippen molar-refractivity contribution in [2.45, 2.75) is 0 Å². The van der Waals surface area contributed by atoms with Crippen molar-refractivity contribution in [2.75, 3.05) is 0 Å². The largest absolute Gasteiger partial charge is 0.422 e. The standard InChI is InChI=1S/C18H12N2O2S/c21-18(16-9-4-10-23-16)22-13-6-3-5-12(11-13)17-19-14-7-1-2-8-15(14)20-17/h1-11H,(H,19,20). The number of fused-ring (bicyclic) bond motifs is 1. The van der Waals surface area contributed by atoms with Gasteiger partial charge in [0.15, 0.2) is 0 Å². The van der Waals surface area contributed by atoms with Gasteiger partial charge in [-0.1, -0.05) is 30.3 Å². The van der Waals surface area contributed by atoms with Gasteiger partial charge in [0.2, 0.25) is 0 Å². The topological polar surface area (TPSA) is 55.0 Å². The lowest BCUT2D eigenvalue weighted by Crippen LogP contribution is -2.06. The van der Waals surface area contributed by atoms with E-state index in [0.29, 0.717) is 10.6 Å². The number of hydrogen-bond donors (Lipinski definition) is 1. The highest BCUT2D eigenvalue weighted by Gasteiger charge is 2.11. The lowest BCUT2D eigenvalue weighted by atomic mass is 10.2. The SMILES string of the molecule is O=C(Oc1cccc(-c2nc3ccccc3[nH]2)c1)c1cccs1. The van der Waals surface area contributed by atoms with E-state index in [-0.39, 0.29) is 5.97 Å². The molecule has 0 aliphatic heterocycles. The Hall–Kier alpha value is -2.92. The highest BCUT2D eigenvalue weighted by molar-refractivity contribution is 7.12. The summed E-state index contributed by atoms with van der Waals surface area (Å²) in [5.74, 6) is 0.906. The maximum absolute atomic E-state index is 12.0. The average Bonchev–Trinajstić information content (AvgIpc) is 3.24. The van der Waals surface area contributed by atoms with Crippen LogP contribution in [0.25, 0.3) is 22.4 Å². The average molecular weight is 320 g/mol. The first kappa shape index (κ1) is 13.7. The summed E-state index contributed by atoms with van der Waals surface area (Å²) < 4.78 is 5.42. The van der Waals surface area contributed by atoms with Crippen molar-refractivity contribution in [3.8, 4) is 17.1 Å². The molecule has 23 heavy (non-hydrogen) atoms. The van der Waals surface area contributed by atoms with Gasteiger partial charge in [0.05, 0.1) is 11.0 Å². The number of esters is 1. The Kier molecular flexibility index (Phi) is 3.40. The number of hydrogen-bond acceptors (Lipinski definition) is 4. The number of rotatable bonds is 3. The summed E-state index contributed by atoms with van der Waals surface area (Å²) in [6.45, 7) is 0. The molecule has 0 aliphatic rings. The third-order valence-electron chi connectivity index (χ3n) is 3.43. The number of H-pyrrole nitrogens is 1. The summed E-state index contributed by atoms with van der Waals surface area (Å²) in [6.07, 6.45) is 0. The van der Waals surface area contributed by atoms with E-state index in [1.165, 1.54) is 11.3 Å². The highest BCUT2D eigenvalue weighted by atomic mass is 32.1. The normalized spacial score (nSPS) is 10.8. The number of carbonyl (C=O) groups is 1. The van der Waals surface area contributed by atoms with Crippen molar-refractivity contribution in [2.24, 2.45) is 0 Å². The first-order chi connectivity index (χ1) is 11.3. The lowest BCUT2D eigenvalue weighted by Gasteiger charge is -2.04. The molecule has 0 saturated carbocycles. The Morgan fingerprint density at radius 2 is 1.96 bits per heavy atom. The summed E-state index contributed by atoms with van der Waals surface area (Å²) in [4.78, 5) is 20.4. The van der Waals surface area contributed by atoms with E-state index < -0.39 is 0 Å². The van der Waals surface area contributed by atoms with Gasteiger partial charge in [-0.15, -0.1) is 11.3 Å². The fourth-order valence-corrected chi connectivity index (χ4v) is 2.95. The fraction of sp³-hybridized carbons (Fsp3) is 0. The molecule has 0 atom stereocenters. The Bertz CT molecular complexity index is 941. The second kappa shape index (κ2) is 5.70. The molecule has 1 N–H and O–H groups in total. The number of benzene rings is 2. The molecule has 0 radical (unpaired) electrons. The van der Waals surface area contributed by atoms with E-state index >= 15 is 0 Å². The van der Waals surface area contributed by atoms with E-state index in [1.54, 1.807) is 12.1 Å². The van der Waals surface area contributed by atoms with E-state index in [1.807, 2.05) is 53.9 Å². The van der Waals surface area contributed by atoms with Gasteiger partial charge in [-0.3, -0.25) is 0 Å². The van der Waals surface area contributed by atoms with Gasteiger partial charge in [0, 0.05) is 5.56 Å². The van der Waals surface area contributed by atoms with Crippen LogP contribution in [0.15, 0.2) is 66.0 Å². The molecule has 2 heterocycles. The molecule has 4 rings (SSSR count). The van der Waals surface area contributed by atoms with Crippen molar-refractivity contribution in [3.63, 3.8) is 0 Å². The van der Waals surface area contributed by atoms with Crippen LogP contribution in [0.3, 0.4) is 0 Å². The fourth-order valence-electron chi connectivity index (χ4n) is 2.35. The molecule has 0 spiro atoms. The minimum Gasteiger partial charge on any atom is -0.422 e. The summed E-state index contributed by atoms with van der Waals surface area (Å²) >= 11 is 1.36. The Morgan fingerprint density at radius 3 is 2.78 bits per heavy atom. The predicted octanol–water partition coefficient (Wildman–Crippen LogP) is 4.51. The molecule has 0 saturated heterocycles. The molecule has 5 heteroatoms. The van der Waals surface area contributed by atoms with E-state index in [0.717, 1.165) is 22.4 Å². The Labute approximate surface area is 136 Å². The first-order valence-corrected chi connectivity index (χ1v) is 7.98. The van der Waals surface area contributed by atoms with Crippen molar-refractivity contribution in [1.29, 1.82) is 0 Å². The minimum atomic E-state index is -0.346. The zero-order valence-corrected chi connectivity index (χ0v) is 12.8. The first-order valence-electron chi connectivity index (χ1n) is 7.10. The van der Waals surface area contributed by atoms with E-state index in [2.05, 4.69) is 9.97 Å². The Morgan fingerprint density at radius 1 is 1.04 bits per heavy atom. The van der Waals surface area contributed by atoms with Gasteiger partial charge >= 0.3 is 5.97 Å². The van der Waals surface area contributed by atoms with Crippen molar-refractivity contribution in [1.82, 2.24) is 9.97 Å². The second-order valence-electron chi connectivity index (χ2n) is 5.00. The quantitative estimate of drug-likeness (QED) is 0.446. The molecular weight excluding hydrogens is 308 g/mol. The number of aromatic nitrogens is 2. The van der Waals surface area contributed by atoms with Gasteiger partial charge in [-0.2, -0.15) is 0 Å². The number of nitrogens with one attached hydrogen (secondary N) is 1. The molecule has 2 aromatic carbocycles. The molecular formula is C18H12N2O2S. The number of imidazole rings is 1. The van der Waals surface area contributed by atoms with Crippen LogP contribution in [-0.2, 0) is 0 Å². The van der Waals surface area contributed by atoms with Gasteiger partial charge < -0.3 is 9.72 Å². The molecule has 112 valence electrons. The molecule has 4 nitrogen and oxygen atoms in total. The molecule has 0 unspecified atom stereocenters. The zero-order valence-electron chi connectivity index (χ0n) is 12.0. The van der Waals surface area contributed by atoms with E-state index in [4.69, 9.17) is 4.74 Å². The third kappa shape index (κ3) is 2.74. The maximum atomic E-state index is 12.0. The van der Waals surface area contributed by atoms with Crippen LogP contribution in [0.2, 0.25) is 0 Å². The van der Waals surface area contributed by atoms with Crippen molar-refractivity contribution < 1.29 is 9.53 Å². The summed E-state index contributed by atoms with van der Waals surface area (Å²) in [5, 5.41) is 1.85. The smallest absolute Gasteiger partial charge is 0.353 e. The number of nitrogens with zero attached hydrogens (tertiary/aromatic N) is 1. The molecule has 2 aromatic heterocycles. The lowest BCUT2D eigenvalue weighted by molar-refractivity contribution is 0.0740. The summed E-state index contributed by atoms with van der Waals surface area (Å²) in [5.41, 5.74) is 2.75. The monoisotopic (exact) mass is 320 g/mol. The Balaban J connectivity index is 1.64. The molecule has 0 fully saturated rings. The van der Waals surface area contributed by atoms with Crippen LogP contribution < -0.4 is 4.74 Å². The van der Waals surface area contributed by atoms with Crippen LogP contribution in [0.4, 0.5) is 0 Å². The number of thiophene rings is 1. The molecule has 4 aromatic rings. The number of aromatic amines is 1. The zero-order chi connectivity index (χ0) is 15.6. The van der Waals surface area contributed by atoms with Gasteiger partial charge in [0.25, 0.3) is 0 Å². The van der Waals surface area contributed by atoms with Gasteiger partial charge in [-0.25, -0.2) is 9.78 Å². The number of carbonyl (C=O) groups excluding carboxylic acids is 1. The van der Waals surface area contributed by atoms with Gasteiger partial charge in [-0.05, 0) is 35.7 Å². The molecule has 0 aliphatic carbocycles. The van der Waals surface area contributed by atoms with Gasteiger partial charge in [0.1, 0.15) is 16.5 Å². The predicted molar refractivity (Wildman–Crippen MR) is 90.8 cm³/mol. The van der Waals surface area contributed by atoms with Crippen LogP contribution in [-0.4, -0.2) is 15.9 Å². The maximum Gasteiger partial charge on any atom is 0.353 e. The van der Waals surface area contributed by atoms with Crippen LogP contribution >= 0.6 is 11.3 Å². The van der Waals surface area contributed by atoms with Crippen LogP contribution in [0, 0.1) is 0 Å².